The van der Waals surface area contributed by atoms with Crippen LogP contribution in [0.25, 0.3) is 0 Å². The van der Waals surface area contributed by atoms with Crippen molar-refractivity contribution in [2.45, 2.75) is 25.8 Å². The fraction of sp³-hybridized carbons (Fsp3) is 0.429. The van der Waals surface area contributed by atoms with Gasteiger partial charge in [-0.3, -0.25) is 14.9 Å². The molecule has 0 aliphatic carbocycles. The summed E-state index contributed by atoms with van der Waals surface area (Å²) in [5.74, 6) is -0.558. The Hall–Kier alpha value is -2.25. The Labute approximate surface area is 168 Å². The van der Waals surface area contributed by atoms with Crippen molar-refractivity contribution in [3.05, 3.63) is 58.0 Å². The van der Waals surface area contributed by atoms with Gasteiger partial charge in [0.1, 0.15) is 5.82 Å². The van der Waals surface area contributed by atoms with Gasteiger partial charge in [0.25, 0.3) is 0 Å². The largest absolute Gasteiger partial charge is 0.466 e. The molecule has 2 aromatic rings. The number of piperidine rings is 1. The van der Waals surface area contributed by atoms with E-state index in [1.165, 1.54) is 12.1 Å². The molecule has 1 aromatic carbocycles. The van der Waals surface area contributed by atoms with Crippen LogP contribution >= 0.6 is 11.3 Å². The van der Waals surface area contributed by atoms with E-state index in [0.29, 0.717) is 32.5 Å². The highest BCUT2D eigenvalue weighted by Gasteiger charge is 2.28. The number of ether oxygens (including phenoxy) is 1. The van der Waals surface area contributed by atoms with Gasteiger partial charge in [-0.2, -0.15) is 0 Å². The number of carbonyl (C=O) groups excluding carboxylic acids is 2. The molecule has 5 nitrogen and oxygen atoms in total. The molecule has 1 aromatic heterocycles. The molecule has 0 saturated carbocycles. The van der Waals surface area contributed by atoms with E-state index in [-0.39, 0.29) is 36.2 Å². The van der Waals surface area contributed by atoms with Gasteiger partial charge >= 0.3 is 5.97 Å². The molecule has 1 atom stereocenters. The van der Waals surface area contributed by atoms with Crippen LogP contribution in [0.4, 0.5) is 4.39 Å². The smallest absolute Gasteiger partial charge is 0.309 e. The van der Waals surface area contributed by atoms with Crippen molar-refractivity contribution in [2.24, 2.45) is 5.92 Å². The van der Waals surface area contributed by atoms with Gasteiger partial charge in [0, 0.05) is 18.0 Å². The molecule has 1 aliphatic heterocycles. The molecule has 0 radical (unpaired) electrons. The van der Waals surface area contributed by atoms with Crippen LogP contribution in [0.5, 0.6) is 0 Å². The van der Waals surface area contributed by atoms with Gasteiger partial charge in [0.2, 0.25) is 5.91 Å². The molecule has 150 valence electrons. The molecule has 3 rings (SSSR count). The Balaban J connectivity index is 1.57. The number of likely N-dealkylation sites (tertiary alicyclic amines) is 1. The molecule has 1 unspecified atom stereocenters. The lowest BCUT2D eigenvalue weighted by molar-refractivity contribution is -0.151. The number of hydrogen-bond donors (Lipinski definition) is 1. The second-order valence-electron chi connectivity index (χ2n) is 6.79. The zero-order valence-electron chi connectivity index (χ0n) is 15.9. The first-order chi connectivity index (χ1) is 13.6. The van der Waals surface area contributed by atoms with E-state index in [0.717, 1.165) is 10.4 Å². The SMILES string of the molecule is CCOC(=O)C1CCN(C(=O)CNC(c2ccc(F)cc2)c2cccs2)CC1. The lowest BCUT2D eigenvalue weighted by Crippen LogP contribution is -2.44. The van der Waals surface area contributed by atoms with Crippen LogP contribution in [-0.4, -0.2) is 43.0 Å². The molecule has 1 aliphatic rings. The van der Waals surface area contributed by atoms with Gasteiger partial charge in [0.15, 0.2) is 0 Å². The molecule has 7 heteroatoms. The van der Waals surface area contributed by atoms with E-state index in [2.05, 4.69) is 5.32 Å². The van der Waals surface area contributed by atoms with Crippen LogP contribution in [0, 0.1) is 11.7 Å². The molecule has 0 spiro atoms. The van der Waals surface area contributed by atoms with E-state index >= 15 is 0 Å². The zero-order chi connectivity index (χ0) is 19.9. The van der Waals surface area contributed by atoms with Gasteiger partial charge in [-0.15, -0.1) is 11.3 Å². The fourth-order valence-corrected chi connectivity index (χ4v) is 4.25. The molecular formula is C21H25FN2O3S. The lowest BCUT2D eigenvalue weighted by atomic mass is 9.97. The zero-order valence-corrected chi connectivity index (χ0v) is 16.7. The van der Waals surface area contributed by atoms with Crippen molar-refractivity contribution in [3.8, 4) is 0 Å². The minimum Gasteiger partial charge on any atom is -0.466 e. The first-order valence-corrected chi connectivity index (χ1v) is 10.4. The summed E-state index contributed by atoms with van der Waals surface area (Å²) in [6.07, 6.45) is 1.27. The maximum absolute atomic E-state index is 13.3. The quantitative estimate of drug-likeness (QED) is 0.719. The van der Waals surface area contributed by atoms with Crippen molar-refractivity contribution in [1.82, 2.24) is 10.2 Å². The van der Waals surface area contributed by atoms with Crippen LogP contribution in [0.15, 0.2) is 41.8 Å². The Morgan fingerprint density at radius 2 is 1.96 bits per heavy atom. The van der Waals surface area contributed by atoms with Gasteiger partial charge in [-0.05, 0) is 48.9 Å². The number of halogens is 1. The summed E-state index contributed by atoms with van der Waals surface area (Å²) in [6.45, 7) is 3.49. The number of benzene rings is 1. The fourth-order valence-electron chi connectivity index (χ4n) is 3.42. The highest BCUT2D eigenvalue weighted by atomic mass is 32.1. The molecule has 1 amide bonds. The normalized spacial score (nSPS) is 16.0. The molecule has 2 heterocycles. The summed E-state index contributed by atoms with van der Waals surface area (Å²) in [6, 6.07) is 10.1. The minimum absolute atomic E-state index is 0.00553. The summed E-state index contributed by atoms with van der Waals surface area (Å²) in [5, 5.41) is 5.30. The van der Waals surface area contributed by atoms with E-state index < -0.39 is 0 Å². The number of carbonyl (C=O) groups is 2. The van der Waals surface area contributed by atoms with E-state index in [4.69, 9.17) is 4.74 Å². The lowest BCUT2D eigenvalue weighted by Gasteiger charge is -2.31. The van der Waals surface area contributed by atoms with Gasteiger partial charge in [0.05, 0.1) is 25.1 Å². The molecule has 1 fully saturated rings. The maximum atomic E-state index is 13.3. The van der Waals surface area contributed by atoms with Gasteiger partial charge < -0.3 is 9.64 Å². The number of rotatable bonds is 7. The third-order valence-corrected chi connectivity index (χ3v) is 5.89. The van der Waals surface area contributed by atoms with Crippen molar-refractivity contribution in [2.75, 3.05) is 26.2 Å². The standard InChI is InChI=1S/C21H25FN2O3S/c1-2-27-21(26)16-9-11-24(12-10-16)19(25)14-23-20(18-4-3-13-28-18)15-5-7-17(22)8-6-15/h3-8,13,16,20,23H,2,9-12,14H2,1H3. The number of amides is 1. The minimum atomic E-state index is -0.283. The van der Waals surface area contributed by atoms with Crippen molar-refractivity contribution >= 4 is 23.2 Å². The first kappa shape index (κ1) is 20.5. The van der Waals surface area contributed by atoms with Crippen LogP contribution in [-0.2, 0) is 14.3 Å². The number of nitrogens with zero attached hydrogens (tertiary/aromatic N) is 1. The Bertz CT molecular complexity index is 771. The average molecular weight is 405 g/mol. The predicted molar refractivity (Wildman–Crippen MR) is 107 cm³/mol. The molecule has 28 heavy (non-hydrogen) atoms. The monoisotopic (exact) mass is 404 g/mol. The second-order valence-corrected chi connectivity index (χ2v) is 7.77. The molecular weight excluding hydrogens is 379 g/mol. The maximum Gasteiger partial charge on any atom is 0.309 e. The first-order valence-electron chi connectivity index (χ1n) is 9.55. The van der Waals surface area contributed by atoms with Crippen LogP contribution in [0.1, 0.15) is 36.2 Å². The summed E-state index contributed by atoms with van der Waals surface area (Å²) < 4.78 is 18.3. The van der Waals surface area contributed by atoms with E-state index in [9.17, 15) is 14.0 Å². The third kappa shape index (κ3) is 5.17. The highest BCUT2D eigenvalue weighted by Crippen LogP contribution is 2.26. The summed E-state index contributed by atoms with van der Waals surface area (Å²) in [5.41, 5.74) is 0.915. The van der Waals surface area contributed by atoms with Crippen LogP contribution < -0.4 is 5.32 Å². The molecule has 1 N–H and O–H groups in total. The van der Waals surface area contributed by atoms with Crippen molar-refractivity contribution < 1.29 is 18.7 Å². The number of esters is 1. The Morgan fingerprint density at radius 3 is 2.57 bits per heavy atom. The predicted octanol–water partition coefficient (Wildman–Crippen LogP) is 3.37. The van der Waals surface area contributed by atoms with Crippen LogP contribution in [0.2, 0.25) is 0 Å². The second kappa shape index (κ2) is 9.80. The topological polar surface area (TPSA) is 58.6 Å². The average Bonchev–Trinajstić information content (AvgIpc) is 3.24. The summed E-state index contributed by atoms with van der Waals surface area (Å²) in [7, 11) is 0. The summed E-state index contributed by atoms with van der Waals surface area (Å²) >= 11 is 1.59. The van der Waals surface area contributed by atoms with E-state index in [1.807, 2.05) is 17.5 Å². The van der Waals surface area contributed by atoms with E-state index in [1.54, 1.807) is 35.3 Å². The number of nitrogens with one attached hydrogen (secondary N) is 1. The molecule has 0 bridgehead atoms. The number of thiophene rings is 1. The molecule has 1 saturated heterocycles. The van der Waals surface area contributed by atoms with Gasteiger partial charge in [-0.1, -0.05) is 18.2 Å². The highest BCUT2D eigenvalue weighted by molar-refractivity contribution is 7.10. The van der Waals surface area contributed by atoms with Crippen molar-refractivity contribution in [1.29, 1.82) is 0 Å². The van der Waals surface area contributed by atoms with Gasteiger partial charge in [-0.25, -0.2) is 4.39 Å². The number of hydrogen-bond acceptors (Lipinski definition) is 5. The third-order valence-electron chi connectivity index (χ3n) is 4.96. The summed E-state index contributed by atoms with van der Waals surface area (Å²) in [4.78, 5) is 27.3. The van der Waals surface area contributed by atoms with Crippen molar-refractivity contribution in [3.63, 3.8) is 0 Å². The Morgan fingerprint density at radius 1 is 1.25 bits per heavy atom. The van der Waals surface area contributed by atoms with Crippen LogP contribution in [0.3, 0.4) is 0 Å². The Kier molecular flexibility index (Phi) is 7.17.